The van der Waals surface area contributed by atoms with Crippen LogP contribution in [0.25, 0.3) is 0 Å². The van der Waals surface area contributed by atoms with Gasteiger partial charge in [0.2, 0.25) is 5.91 Å². The maximum Gasteiger partial charge on any atom is 0.245 e. The van der Waals surface area contributed by atoms with Gasteiger partial charge < -0.3 is 15.2 Å². The van der Waals surface area contributed by atoms with E-state index in [2.05, 4.69) is 47.0 Å². The van der Waals surface area contributed by atoms with E-state index in [0.717, 1.165) is 61.2 Å². The molecule has 1 amide bonds. The summed E-state index contributed by atoms with van der Waals surface area (Å²) in [6.07, 6.45) is 6.91. The summed E-state index contributed by atoms with van der Waals surface area (Å²) in [7, 11) is 0. The van der Waals surface area contributed by atoms with Gasteiger partial charge in [0, 0.05) is 17.8 Å². The zero-order valence-electron chi connectivity index (χ0n) is 16.7. The topological polar surface area (TPSA) is 67.2 Å². The molecule has 0 saturated heterocycles. The molecule has 1 heterocycles. The van der Waals surface area contributed by atoms with E-state index < -0.39 is 5.54 Å². The number of carbonyl (C=O) groups is 1. The van der Waals surface area contributed by atoms with Crippen LogP contribution < -0.4 is 10.6 Å². The van der Waals surface area contributed by atoms with Crippen LogP contribution in [-0.4, -0.2) is 23.1 Å². The van der Waals surface area contributed by atoms with Crippen molar-refractivity contribution in [2.45, 2.75) is 71.3 Å². The molecule has 146 valence electrons. The van der Waals surface area contributed by atoms with Crippen LogP contribution in [0, 0.1) is 20.8 Å². The summed E-state index contributed by atoms with van der Waals surface area (Å²) in [5, 5.41) is 10.7. The predicted molar refractivity (Wildman–Crippen MR) is 108 cm³/mol. The maximum absolute atomic E-state index is 13.1. The minimum Gasteiger partial charge on any atom is -0.371 e. The monoisotopic (exact) mass is 369 g/mol. The van der Waals surface area contributed by atoms with Gasteiger partial charge in [-0.3, -0.25) is 4.79 Å². The van der Waals surface area contributed by atoms with Gasteiger partial charge in [-0.05, 0) is 58.6 Å². The van der Waals surface area contributed by atoms with Crippen molar-refractivity contribution in [1.29, 1.82) is 0 Å². The van der Waals surface area contributed by atoms with E-state index in [4.69, 9.17) is 4.52 Å². The largest absolute Gasteiger partial charge is 0.371 e. The zero-order chi connectivity index (χ0) is 19.3. The molecule has 5 nitrogen and oxygen atoms in total. The summed E-state index contributed by atoms with van der Waals surface area (Å²) in [4.78, 5) is 13.1. The number of nitrogens with one attached hydrogen (secondary N) is 2. The van der Waals surface area contributed by atoms with Crippen molar-refractivity contribution in [2.24, 2.45) is 0 Å². The zero-order valence-corrected chi connectivity index (χ0v) is 16.7. The van der Waals surface area contributed by atoms with Crippen LogP contribution in [0.1, 0.15) is 61.1 Å². The number of rotatable bonds is 7. The third kappa shape index (κ3) is 4.71. The number of anilines is 1. The first kappa shape index (κ1) is 19.5. The van der Waals surface area contributed by atoms with Gasteiger partial charge in [-0.2, -0.15) is 0 Å². The Kier molecular flexibility index (Phi) is 6.19. The first-order chi connectivity index (χ1) is 13.0. The molecule has 0 aliphatic heterocycles. The Hall–Kier alpha value is -2.30. The smallest absolute Gasteiger partial charge is 0.245 e. The summed E-state index contributed by atoms with van der Waals surface area (Å²) in [5.74, 6) is 1.00. The summed E-state index contributed by atoms with van der Waals surface area (Å²) in [5.41, 5.74) is 3.87. The van der Waals surface area contributed by atoms with Crippen LogP contribution in [0.15, 0.2) is 28.8 Å². The summed E-state index contributed by atoms with van der Waals surface area (Å²) in [6, 6.07) is 8.30. The first-order valence-electron chi connectivity index (χ1n) is 10.1. The summed E-state index contributed by atoms with van der Waals surface area (Å²) < 4.78 is 5.21. The highest BCUT2D eigenvalue weighted by atomic mass is 16.5. The molecule has 2 N–H and O–H groups in total. The van der Waals surface area contributed by atoms with Gasteiger partial charge in [-0.25, -0.2) is 0 Å². The van der Waals surface area contributed by atoms with Gasteiger partial charge in [-0.15, -0.1) is 0 Å². The van der Waals surface area contributed by atoms with Crippen molar-refractivity contribution >= 4 is 11.6 Å². The van der Waals surface area contributed by atoms with E-state index in [1.54, 1.807) is 0 Å². The minimum absolute atomic E-state index is 0.126. The van der Waals surface area contributed by atoms with Crippen molar-refractivity contribution in [1.82, 2.24) is 10.5 Å². The van der Waals surface area contributed by atoms with Gasteiger partial charge in [0.25, 0.3) is 0 Å². The standard InChI is InChI=1S/C22H31N3O2/c1-16-9-11-19(12-10-16)24-22(13-5-4-6-14-22)21(26)23-15-7-8-20-17(2)25-27-18(20)3/h9-12,24H,4-8,13-15H2,1-3H3,(H,23,26). The Morgan fingerprint density at radius 3 is 2.44 bits per heavy atom. The molecule has 3 rings (SSSR count). The fourth-order valence-electron chi connectivity index (χ4n) is 3.97. The van der Waals surface area contributed by atoms with E-state index in [1.165, 1.54) is 12.0 Å². The van der Waals surface area contributed by atoms with Crippen LogP contribution in [-0.2, 0) is 11.2 Å². The second-order valence-corrected chi connectivity index (χ2v) is 7.80. The van der Waals surface area contributed by atoms with Crippen LogP contribution in [0.3, 0.4) is 0 Å². The summed E-state index contributed by atoms with van der Waals surface area (Å²) in [6.45, 7) is 6.65. The van der Waals surface area contributed by atoms with E-state index in [0.29, 0.717) is 6.54 Å². The number of hydrogen-bond acceptors (Lipinski definition) is 4. The predicted octanol–water partition coefficient (Wildman–Crippen LogP) is 4.46. The molecule has 1 fully saturated rings. The van der Waals surface area contributed by atoms with Crippen LogP contribution in [0.5, 0.6) is 0 Å². The van der Waals surface area contributed by atoms with Gasteiger partial charge in [0.1, 0.15) is 11.3 Å². The number of carbonyl (C=O) groups excluding carboxylic acids is 1. The lowest BCUT2D eigenvalue weighted by molar-refractivity contribution is -0.126. The molecule has 1 saturated carbocycles. The lowest BCUT2D eigenvalue weighted by atomic mass is 9.80. The van der Waals surface area contributed by atoms with Gasteiger partial charge in [0.15, 0.2) is 0 Å². The average molecular weight is 370 g/mol. The number of aromatic nitrogens is 1. The Balaban J connectivity index is 1.59. The van der Waals surface area contributed by atoms with Crippen molar-refractivity contribution in [3.8, 4) is 0 Å². The fraction of sp³-hybridized carbons (Fsp3) is 0.545. The fourth-order valence-corrected chi connectivity index (χ4v) is 3.97. The molecular weight excluding hydrogens is 338 g/mol. The van der Waals surface area contributed by atoms with Gasteiger partial charge in [-0.1, -0.05) is 42.1 Å². The first-order valence-corrected chi connectivity index (χ1v) is 10.1. The third-order valence-corrected chi connectivity index (χ3v) is 5.65. The number of amides is 1. The molecule has 0 unspecified atom stereocenters. The van der Waals surface area contributed by atoms with Crippen molar-refractivity contribution in [2.75, 3.05) is 11.9 Å². The Bertz CT molecular complexity index is 739. The molecule has 1 aromatic carbocycles. The lowest BCUT2D eigenvalue weighted by Gasteiger charge is -2.37. The van der Waals surface area contributed by atoms with Gasteiger partial charge in [0.05, 0.1) is 5.69 Å². The molecule has 0 spiro atoms. The molecule has 1 aromatic heterocycles. The van der Waals surface area contributed by atoms with Crippen LogP contribution in [0.2, 0.25) is 0 Å². The highest BCUT2D eigenvalue weighted by Gasteiger charge is 2.39. The second-order valence-electron chi connectivity index (χ2n) is 7.80. The van der Waals surface area contributed by atoms with Crippen molar-refractivity contribution in [3.05, 3.63) is 46.8 Å². The number of nitrogens with zero attached hydrogens (tertiary/aromatic N) is 1. The van der Waals surface area contributed by atoms with Crippen molar-refractivity contribution in [3.63, 3.8) is 0 Å². The Labute approximate surface area is 161 Å². The molecule has 1 aliphatic rings. The number of hydrogen-bond donors (Lipinski definition) is 2. The summed E-state index contributed by atoms with van der Waals surface area (Å²) >= 11 is 0. The number of benzene rings is 1. The van der Waals surface area contributed by atoms with E-state index >= 15 is 0 Å². The van der Waals surface area contributed by atoms with Crippen molar-refractivity contribution < 1.29 is 9.32 Å². The molecule has 5 heteroatoms. The van der Waals surface area contributed by atoms with Crippen LogP contribution >= 0.6 is 0 Å². The highest BCUT2D eigenvalue weighted by molar-refractivity contribution is 5.89. The molecule has 0 atom stereocenters. The third-order valence-electron chi connectivity index (χ3n) is 5.65. The van der Waals surface area contributed by atoms with Gasteiger partial charge >= 0.3 is 0 Å². The quantitative estimate of drug-likeness (QED) is 0.707. The van der Waals surface area contributed by atoms with E-state index in [9.17, 15) is 4.79 Å². The Morgan fingerprint density at radius 2 is 1.81 bits per heavy atom. The molecule has 0 radical (unpaired) electrons. The number of aryl methyl sites for hydroxylation is 3. The molecule has 27 heavy (non-hydrogen) atoms. The normalized spacial score (nSPS) is 16.1. The molecular formula is C22H31N3O2. The Morgan fingerprint density at radius 1 is 1.11 bits per heavy atom. The minimum atomic E-state index is -0.490. The second kappa shape index (κ2) is 8.59. The lowest BCUT2D eigenvalue weighted by Crippen LogP contribution is -2.53. The van der Waals surface area contributed by atoms with Crippen LogP contribution in [0.4, 0.5) is 5.69 Å². The molecule has 1 aliphatic carbocycles. The van der Waals surface area contributed by atoms with E-state index in [-0.39, 0.29) is 5.91 Å². The molecule has 2 aromatic rings. The maximum atomic E-state index is 13.1. The SMILES string of the molecule is Cc1ccc(NC2(C(=O)NCCCc3c(C)noc3C)CCCCC2)cc1. The molecule has 0 bridgehead atoms. The van der Waals surface area contributed by atoms with E-state index in [1.807, 2.05) is 13.8 Å². The highest BCUT2D eigenvalue weighted by Crippen LogP contribution is 2.32. The average Bonchev–Trinajstić information content (AvgIpc) is 2.99.